The van der Waals surface area contributed by atoms with Crippen molar-refractivity contribution in [2.24, 2.45) is 5.73 Å². The molecule has 5 N–H and O–H groups in total. The molecule has 3 rings (SSSR count). The maximum atomic E-state index is 11.1. The number of halogens is 1. The zero-order valence-electron chi connectivity index (χ0n) is 20.0. The van der Waals surface area contributed by atoms with E-state index in [2.05, 4.69) is 4.52 Å². The zero-order valence-corrected chi connectivity index (χ0v) is 22.4. The van der Waals surface area contributed by atoms with Gasteiger partial charge in [-0.15, -0.1) is 0 Å². The number of hydrogen-bond donors (Lipinski definition) is 4. The molecule has 0 heterocycles. The number of aromatic hydroxyl groups is 1. The standard InChI is InChI=1S/C26H31ClNO6PS/c1-2-13-26(28,18-34-35(30,31)32)14-12-20-8-10-22(16-23(20)27)36-25-15-21(9-11-24(25)29)33-17-19-6-4-3-5-7-19/h3-11,15-16,29H,2,12-14,17-18,28H2,1H3,(H2,30,31,32)/t26-/m0/s1. The molecule has 0 spiro atoms. The molecule has 0 unspecified atom stereocenters. The number of benzene rings is 3. The Labute approximate surface area is 220 Å². The SMILES string of the molecule is CCC[C@](N)(CCc1ccc(Sc2cc(OCc3ccccc3)ccc2O)cc1Cl)COP(=O)(O)O. The maximum absolute atomic E-state index is 11.1. The number of phosphoric acid groups is 1. The molecule has 0 saturated heterocycles. The number of rotatable bonds is 13. The lowest BCUT2D eigenvalue weighted by Gasteiger charge is -2.29. The molecule has 0 radical (unpaired) electrons. The molecule has 194 valence electrons. The molecule has 1 atom stereocenters. The summed E-state index contributed by atoms with van der Waals surface area (Å²) < 4.78 is 21.7. The highest BCUT2D eigenvalue weighted by Gasteiger charge is 2.28. The fourth-order valence-corrected chi connectivity index (χ4v) is 5.37. The third kappa shape index (κ3) is 9.12. The Bertz CT molecular complexity index is 1190. The van der Waals surface area contributed by atoms with Gasteiger partial charge in [-0.3, -0.25) is 4.52 Å². The Morgan fingerprint density at radius 2 is 1.81 bits per heavy atom. The van der Waals surface area contributed by atoms with Gasteiger partial charge in [-0.1, -0.05) is 73.1 Å². The van der Waals surface area contributed by atoms with Crippen LogP contribution < -0.4 is 10.5 Å². The molecular weight excluding hydrogens is 521 g/mol. The van der Waals surface area contributed by atoms with E-state index in [4.69, 9.17) is 31.9 Å². The molecular formula is C26H31ClNO6PS. The Morgan fingerprint density at radius 3 is 2.47 bits per heavy atom. The number of phosphoric ester groups is 1. The first-order valence-electron chi connectivity index (χ1n) is 11.5. The summed E-state index contributed by atoms with van der Waals surface area (Å²) in [7, 11) is -4.60. The highest BCUT2D eigenvalue weighted by molar-refractivity contribution is 7.99. The Morgan fingerprint density at radius 1 is 1.06 bits per heavy atom. The largest absolute Gasteiger partial charge is 0.507 e. The minimum absolute atomic E-state index is 0.143. The fourth-order valence-electron chi connectivity index (χ4n) is 3.69. The first kappa shape index (κ1) is 28.5. The van der Waals surface area contributed by atoms with E-state index >= 15 is 0 Å². The lowest BCUT2D eigenvalue weighted by Crippen LogP contribution is -2.44. The van der Waals surface area contributed by atoms with E-state index in [0.717, 1.165) is 22.4 Å². The van der Waals surface area contributed by atoms with Crippen molar-refractivity contribution in [3.05, 3.63) is 82.9 Å². The van der Waals surface area contributed by atoms with E-state index < -0.39 is 13.4 Å². The number of nitrogens with two attached hydrogens (primary N) is 1. The van der Waals surface area contributed by atoms with Gasteiger partial charge in [-0.05, 0) is 60.7 Å². The zero-order chi connectivity index (χ0) is 26.2. The number of hydrogen-bond acceptors (Lipinski definition) is 6. The van der Waals surface area contributed by atoms with Crippen LogP contribution in [0.4, 0.5) is 0 Å². The van der Waals surface area contributed by atoms with Crippen molar-refractivity contribution in [2.45, 2.75) is 54.5 Å². The number of aryl methyl sites for hydroxylation is 1. The maximum Gasteiger partial charge on any atom is 0.469 e. The summed E-state index contributed by atoms with van der Waals surface area (Å²) in [6, 6.07) is 20.6. The van der Waals surface area contributed by atoms with Gasteiger partial charge in [0, 0.05) is 15.5 Å². The van der Waals surface area contributed by atoms with Crippen molar-refractivity contribution in [1.29, 1.82) is 0 Å². The first-order valence-corrected chi connectivity index (χ1v) is 14.2. The third-order valence-corrected chi connectivity index (χ3v) is 7.45. The van der Waals surface area contributed by atoms with Crippen LogP contribution in [0.5, 0.6) is 11.5 Å². The summed E-state index contributed by atoms with van der Waals surface area (Å²) in [5.41, 5.74) is 7.43. The summed E-state index contributed by atoms with van der Waals surface area (Å²) in [6.45, 7) is 2.14. The predicted octanol–water partition coefficient (Wildman–Crippen LogP) is 6.32. The molecule has 0 fully saturated rings. The van der Waals surface area contributed by atoms with Gasteiger partial charge in [0.25, 0.3) is 0 Å². The number of phenolic OH excluding ortho intramolecular Hbond substituents is 1. The Balaban J connectivity index is 1.64. The number of phenols is 1. The lowest BCUT2D eigenvalue weighted by atomic mass is 9.89. The van der Waals surface area contributed by atoms with E-state index in [9.17, 15) is 9.67 Å². The van der Waals surface area contributed by atoms with Crippen molar-refractivity contribution in [2.75, 3.05) is 6.61 Å². The molecule has 0 aliphatic heterocycles. The molecule has 3 aromatic rings. The van der Waals surface area contributed by atoms with Crippen LogP contribution >= 0.6 is 31.2 Å². The van der Waals surface area contributed by atoms with Crippen LogP contribution in [0.3, 0.4) is 0 Å². The van der Waals surface area contributed by atoms with Crippen LogP contribution in [-0.4, -0.2) is 27.0 Å². The second-order valence-electron chi connectivity index (χ2n) is 8.64. The van der Waals surface area contributed by atoms with Crippen molar-refractivity contribution in [1.82, 2.24) is 0 Å². The van der Waals surface area contributed by atoms with Crippen LogP contribution in [0.25, 0.3) is 0 Å². The van der Waals surface area contributed by atoms with E-state index in [1.54, 1.807) is 18.2 Å². The van der Waals surface area contributed by atoms with Gasteiger partial charge >= 0.3 is 7.82 Å². The summed E-state index contributed by atoms with van der Waals surface area (Å²) >= 11 is 7.91. The summed E-state index contributed by atoms with van der Waals surface area (Å²) in [6.07, 6.45) is 2.29. The molecule has 0 amide bonds. The molecule has 10 heteroatoms. The van der Waals surface area contributed by atoms with Crippen LogP contribution in [0, 0.1) is 0 Å². The topological polar surface area (TPSA) is 122 Å². The second kappa shape index (κ2) is 13.0. The quantitative estimate of drug-likeness (QED) is 0.182. The molecule has 0 saturated carbocycles. The van der Waals surface area contributed by atoms with Crippen LogP contribution in [0.15, 0.2) is 76.5 Å². The highest BCUT2D eigenvalue weighted by atomic mass is 35.5. The van der Waals surface area contributed by atoms with Crippen molar-refractivity contribution < 1.29 is 28.7 Å². The van der Waals surface area contributed by atoms with E-state index in [-0.39, 0.29) is 12.4 Å². The lowest BCUT2D eigenvalue weighted by molar-refractivity contribution is 0.141. The van der Waals surface area contributed by atoms with Crippen LogP contribution in [0.2, 0.25) is 5.02 Å². The summed E-state index contributed by atoms with van der Waals surface area (Å²) in [5.74, 6) is 0.791. The van der Waals surface area contributed by atoms with Crippen LogP contribution in [-0.2, 0) is 22.1 Å². The smallest absolute Gasteiger partial charge is 0.469 e. The van der Waals surface area contributed by atoms with Gasteiger partial charge < -0.3 is 25.4 Å². The second-order valence-corrected chi connectivity index (χ2v) is 11.4. The van der Waals surface area contributed by atoms with E-state index in [0.29, 0.717) is 41.5 Å². The van der Waals surface area contributed by atoms with Gasteiger partial charge in [-0.2, -0.15) is 0 Å². The molecule has 0 aliphatic rings. The molecule has 7 nitrogen and oxygen atoms in total. The third-order valence-electron chi connectivity index (χ3n) is 5.59. The average Bonchev–Trinajstić information content (AvgIpc) is 2.83. The molecule has 36 heavy (non-hydrogen) atoms. The fraction of sp³-hybridized carbons (Fsp3) is 0.308. The van der Waals surface area contributed by atoms with E-state index in [1.807, 2.05) is 55.5 Å². The highest BCUT2D eigenvalue weighted by Crippen LogP contribution is 2.39. The van der Waals surface area contributed by atoms with Crippen LogP contribution in [0.1, 0.15) is 37.3 Å². The molecule has 0 bridgehead atoms. The molecule has 0 aromatic heterocycles. The Hall–Kier alpha value is -2.03. The molecule has 3 aromatic carbocycles. The Kier molecular flexibility index (Phi) is 10.3. The van der Waals surface area contributed by atoms with E-state index in [1.165, 1.54) is 11.8 Å². The molecule has 0 aliphatic carbocycles. The van der Waals surface area contributed by atoms with Crippen molar-refractivity contribution in [3.63, 3.8) is 0 Å². The van der Waals surface area contributed by atoms with Crippen molar-refractivity contribution in [3.8, 4) is 11.5 Å². The monoisotopic (exact) mass is 551 g/mol. The van der Waals surface area contributed by atoms with Gasteiger partial charge in [0.05, 0.1) is 11.5 Å². The predicted molar refractivity (Wildman–Crippen MR) is 143 cm³/mol. The van der Waals surface area contributed by atoms with Gasteiger partial charge in [-0.25, -0.2) is 4.57 Å². The summed E-state index contributed by atoms with van der Waals surface area (Å²) in [5, 5.41) is 10.9. The van der Waals surface area contributed by atoms with Crippen molar-refractivity contribution >= 4 is 31.2 Å². The minimum atomic E-state index is -4.60. The van der Waals surface area contributed by atoms with Gasteiger partial charge in [0.1, 0.15) is 18.1 Å². The normalized spacial score (nSPS) is 13.4. The van der Waals surface area contributed by atoms with Gasteiger partial charge in [0.15, 0.2) is 0 Å². The average molecular weight is 552 g/mol. The van der Waals surface area contributed by atoms with Gasteiger partial charge in [0.2, 0.25) is 0 Å². The summed E-state index contributed by atoms with van der Waals surface area (Å²) in [4.78, 5) is 19.6. The number of ether oxygens (including phenoxy) is 1. The first-order chi connectivity index (χ1) is 17.1. The minimum Gasteiger partial charge on any atom is -0.507 e.